The van der Waals surface area contributed by atoms with Crippen molar-refractivity contribution in [2.24, 2.45) is 5.73 Å². The van der Waals surface area contributed by atoms with Gasteiger partial charge in [-0.15, -0.1) is 0 Å². The van der Waals surface area contributed by atoms with E-state index in [4.69, 9.17) is 5.73 Å². The monoisotopic (exact) mass is 408 g/mol. The Bertz CT molecular complexity index is 866. The summed E-state index contributed by atoms with van der Waals surface area (Å²) < 4.78 is 0. The van der Waals surface area contributed by atoms with E-state index in [0.717, 1.165) is 29.7 Å². The number of nitrogens with two attached hydrogens (primary N) is 1. The quantitative estimate of drug-likeness (QED) is 0.738. The molecule has 6 heteroatoms. The second-order valence-electron chi connectivity index (χ2n) is 8.07. The van der Waals surface area contributed by atoms with Crippen molar-refractivity contribution in [3.8, 4) is 11.1 Å². The molecule has 0 aliphatic carbocycles. The van der Waals surface area contributed by atoms with Crippen LogP contribution in [0.2, 0.25) is 0 Å². The van der Waals surface area contributed by atoms with E-state index in [1.165, 1.54) is 12.8 Å². The Hall–Kier alpha value is -2.70. The van der Waals surface area contributed by atoms with Gasteiger partial charge in [-0.2, -0.15) is 0 Å². The molecule has 6 nitrogen and oxygen atoms in total. The molecule has 3 rings (SSSR count). The minimum atomic E-state index is -0.0878. The maximum Gasteiger partial charge on any atom is 0.251 e. The number of benzene rings is 2. The second kappa shape index (κ2) is 10.4. The zero-order valence-corrected chi connectivity index (χ0v) is 17.9. The Labute approximate surface area is 179 Å². The van der Waals surface area contributed by atoms with Gasteiger partial charge in [-0.05, 0) is 61.3 Å². The fourth-order valence-electron chi connectivity index (χ4n) is 3.90. The molecule has 0 aromatic heterocycles. The van der Waals surface area contributed by atoms with Gasteiger partial charge in [0.2, 0.25) is 5.91 Å². The number of likely N-dealkylation sites (N-methyl/N-ethyl adjacent to an activating group) is 2. The third kappa shape index (κ3) is 5.68. The third-order valence-corrected chi connectivity index (χ3v) is 5.85. The predicted molar refractivity (Wildman–Crippen MR) is 120 cm³/mol. The van der Waals surface area contributed by atoms with E-state index < -0.39 is 0 Å². The van der Waals surface area contributed by atoms with Crippen LogP contribution in [0.15, 0.2) is 48.5 Å². The van der Waals surface area contributed by atoms with Crippen LogP contribution in [0.3, 0.4) is 0 Å². The highest BCUT2D eigenvalue weighted by molar-refractivity contribution is 5.94. The Morgan fingerprint density at radius 3 is 2.60 bits per heavy atom. The first-order valence-electron chi connectivity index (χ1n) is 10.6. The van der Waals surface area contributed by atoms with Crippen LogP contribution in [0.25, 0.3) is 11.1 Å². The largest absolute Gasteiger partial charge is 0.350 e. The van der Waals surface area contributed by atoms with Gasteiger partial charge in [0.1, 0.15) is 0 Å². The van der Waals surface area contributed by atoms with E-state index in [-0.39, 0.29) is 18.4 Å². The molecule has 0 spiro atoms. The van der Waals surface area contributed by atoms with E-state index in [0.29, 0.717) is 24.7 Å². The Morgan fingerprint density at radius 2 is 1.90 bits per heavy atom. The Kier molecular flexibility index (Phi) is 7.60. The zero-order valence-electron chi connectivity index (χ0n) is 17.9. The standard InChI is InChI=1S/C24H32N4O2/c1-27-13-4-3-8-22(27)16-26-24(30)20-11-9-19(10-12-20)21-7-5-6-18(14-21)17-28(2)23(29)15-25/h5-7,9-12,14,22H,3-4,8,13,15-17,25H2,1-2H3,(H,26,30). The van der Waals surface area contributed by atoms with Gasteiger partial charge in [-0.25, -0.2) is 0 Å². The molecule has 30 heavy (non-hydrogen) atoms. The number of likely N-dealkylation sites (tertiary alicyclic amines) is 1. The normalized spacial score (nSPS) is 16.8. The number of hydrogen-bond acceptors (Lipinski definition) is 4. The van der Waals surface area contributed by atoms with Crippen LogP contribution < -0.4 is 11.1 Å². The van der Waals surface area contributed by atoms with E-state index in [9.17, 15) is 9.59 Å². The van der Waals surface area contributed by atoms with Crippen molar-refractivity contribution in [3.63, 3.8) is 0 Å². The van der Waals surface area contributed by atoms with Gasteiger partial charge in [-0.3, -0.25) is 9.59 Å². The van der Waals surface area contributed by atoms with Crippen molar-refractivity contribution in [1.82, 2.24) is 15.1 Å². The molecule has 1 saturated heterocycles. The van der Waals surface area contributed by atoms with Crippen LogP contribution >= 0.6 is 0 Å². The van der Waals surface area contributed by atoms with Crippen molar-refractivity contribution in [3.05, 3.63) is 59.7 Å². The SMILES string of the molecule is CN(Cc1cccc(-c2ccc(C(=O)NCC3CCCCN3C)cc2)c1)C(=O)CN. The van der Waals surface area contributed by atoms with Gasteiger partial charge in [0.25, 0.3) is 5.91 Å². The minimum Gasteiger partial charge on any atom is -0.350 e. The molecule has 160 valence electrons. The van der Waals surface area contributed by atoms with Crippen LogP contribution in [0.5, 0.6) is 0 Å². The van der Waals surface area contributed by atoms with Crippen LogP contribution in [-0.2, 0) is 11.3 Å². The third-order valence-electron chi connectivity index (χ3n) is 5.85. The lowest BCUT2D eigenvalue weighted by atomic mass is 10.0. The first-order valence-corrected chi connectivity index (χ1v) is 10.6. The molecule has 0 radical (unpaired) electrons. The molecule has 1 unspecified atom stereocenters. The molecule has 1 atom stereocenters. The number of piperidine rings is 1. The molecule has 1 aliphatic rings. The van der Waals surface area contributed by atoms with E-state index in [2.05, 4.69) is 23.3 Å². The molecule has 2 aromatic rings. The fraction of sp³-hybridized carbons (Fsp3) is 0.417. The Balaban J connectivity index is 1.61. The molecular formula is C24H32N4O2. The minimum absolute atomic E-state index is 0.0107. The number of carbonyl (C=O) groups is 2. The summed E-state index contributed by atoms with van der Waals surface area (Å²) in [6.45, 7) is 2.31. The number of hydrogen-bond donors (Lipinski definition) is 2. The molecule has 2 aromatic carbocycles. The lowest BCUT2D eigenvalue weighted by molar-refractivity contribution is -0.128. The highest BCUT2D eigenvalue weighted by atomic mass is 16.2. The summed E-state index contributed by atoms with van der Waals surface area (Å²) in [5.74, 6) is -0.119. The topological polar surface area (TPSA) is 78.7 Å². The molecule has 2 amide bonds. The molecule has 1 aliphatic heterocycles. The summed E-state index contributed by atoms with van der Waals surface area (Å²) in [7, 11) is 3.88. The van der Waals surface area contributed by atoms with Crippen molar-refractivity contribution in [2.45, 2.75) is 31.8 Å². The fourth-order valence-corrected chi connectivity index (χ4v) is 3.90. The summed E-state index contributed by atoms with van der Waals surface area (Å²) in [5.41, 5.74) is 9.22. The molecule has 1 heterocycles. The molecule has 0 saturated carbocycles. The summed E-state index contributed by atoms with van der Waals surface area (Å²) in [6, 6.07) is 16.2. The van der Waals surface area contributed by atoms with Gasteiger partial charge < -0.3 is 20.9 Å². The highest BCUT2D eigenvalue weighted by Gasteiger charge is 2.19. The van der Waals surface area contributed by atoms with Gasteiger partial charge >= 0.3 is 0 Å². The van der Waals surface area contributed by atoms with E-state index in [1.54, 1.807) is 11.9 Å². The van der Waals surface area contributed by atoms with Crippen LogP contribution in [0, 0.1) is 0 Å². The van der Waals surface area contributed by atoms with Crippen LogP contribution in [-0.4, -0.2) is 61.4 Å². The molecule has 3 N–H and O–H groups in total. The molecular weight excluding hydrogens is 376 g/mol. The van der Waals surface area contributed by atoms with Gasteiger partial charge in [0, 0.05) is 31.7 Å². The summed E-state index contributed by atoms with van der Waals surface area (Å²) in [5, 5.41) is 3.08. The maximum atomic E-state index is 12.5. The molecule has 1 fully saturated rings. The first kappa shape index (κ1) is 22.0. The van der Waals surface area contributed by atoms with E-state index >= 15 is 0 Å². The lowest BCUT2D eigenvalue weighted by Crippen LogP contribution is -2.44. The number of nitrogens with one attached hydrogen (secondary N) is 1. The van der Waals surface area contributed by atoms with Crippen molar-refractivity contribution in [2.75, 3.05) is 33.7 Å². The average Bonchev–Trinajstić information content (AvgIpc) is 2.78. The highest BCUT2D eigenvalue weighted by Crippen LogP contribution is 2.22. The van der Waals surface area contributed by atoms with E-state index in [1.807, 2.05) is 42.5 Å². The summed E-state index contributed by atoms with van der Waals surface area (Å²) in [4.78, 5) is 28.2. The van der Waals surface area contributed by atoms with Gasteiger partial charge in [0.05, 0.1) is 6.54 Å². The summed E-state index contributed by atoms with van der Waals surface area (Å²) in [6.07, 6.45) is 3.61. The van der Waals surface area contributed by atoms with Crippen LogP contribution in [0.4, 0.5) is 0 Å². The van der Waals surface area contributed by atoms with Crippen molar-refractivity contribution >= 4 is 11.8 Å². The number of carbonyl (C=O) groups excluding carboxylic acids is 2. The van der Waals surface area contributed by atoms with Gasteiger partial charge in [-0.1, -0.05) is 36.8 Å². The Morgan fingerprint density at radius 1 is 1.13 bits per heavy atom. The lowest BCUT2D eigenvalue weighted by Gasteiger charge is -2.32. The summed E-state index contributed by atoms with van der Waals surface area (Å²) >= 11 is 0. The molecule has 0 bridgehead atoms. The number of rotatable bonds is 7. The van der Waals surface area contributed by atoms with Crippen molar-refractivity contribution < 1.29 is 9.59 Å². The predicted octanol–water partition coefficient (Wildman–Crippen LogP) is 2.48. The smallest absolute Gasteiger partial charge is 0.251 e. The second-order valence-corrected chi connectivity index (χ2v) is 8.07. The van der Waals surface area contributed by atoms with Crippen molar-refractivity contribution in [1.29, 1.82) is 0 Å². The maximum absolute atomic E-state index is 12.5. The number of amides is 2. The first-order chi connectivity index (χ1) is 14.5. The van der Waals surface area contributed by atoms with Crippen LogP contribution in [0.1, 0.15) is 35.2 Å². The zero-order chi connectivity index (χ0) is 21.5. The average molecular weight is 409 g/mol. The van der Waals surface area contributed by atoms with Gasteiger partial charge in [0.15, 0.2) is 0 Å². The number of nitrogens with zero attached hydrogens (tertiary/aromatic N) is 2.